The molecule has 3 aromatic heterocycles. The smallest absolute Gasteiger partial charge is 0.155 e. The van der Waals surface area contributed by atoms with Gasteiger partial charge in [0.2, 0.25) is 0 Å². The lowest BCUT2D eigenvalue weighted by Crippen LogP contribution is -2.14. The number of rotatable bonds is 4. The number of para-hydroxylation sites is 4. The lowest BCUT2D eigenvalue weighted by molar-refractivity contribution is 0.667. The van der Waals surface area contributed by atoms with Crippen molar-refractivity contribution in [1.29, 1.82) is 0 Å². The zero-order chi connectivity index (χ0) is 34.9. The predicted octanol–water partition coefficient (Wildman–Crippen LogP) is 13.6. The Morgan fingerprint density at radius 3 is 1.26 bits per heavy atom. The molecule has 2 aliphatic rings. The van der Waals surface area contributed by atoms with Crippen LogP contribution in [0.1, 0.15) is 0 Å². The van der Waals surface area contributed by atoms with E-state index in [1.54, 1.807) is 23.5 Å². The van der Waals surface area contributed by atoms with Crippen molar-refractivity contribution in [2.24, 2.45) is 0 Å². The summed E-state index contributed by atoms with van der Waals surface area (Å²) in [4.78, 5) is 20.0. The largest absolute Gasteiger partial charge is 0.453 e. The van der Waals surface area contributed by atoms with Gasteiger partial charge in [0.05, 0.1) is 34.1 Å². The standard InChI is InChI=1S/C46H28N4OS2/c1-3-11-31(12-4-1)49-35-15-7-9-17-41(35)52-43-25-19-29(27-37(43)49)33-21-23-39-45(47-33)46-40(51-39)24-22-34(48-46)30-20-26-44-38(28-30)50(32-13-5-2-6-14-32)36-16-8-10-18-42(36)53-44/h1-28H. The van der Waals surface area contributed by atoms with Crippen LogP contribution in [0.25, 0.3) is 44.7 Å². The molecule has 0 saturated carbocycles. The normalized spacial score (nSPS) is 13.1. The van der Waals surface area contributed by atoms with Crippen LogP contribution in [0.5, 0.6) is 0 Å². The highest BCUT2D eigenvalue weighted by Gasteiger charge is 2.27. The number of nitrogens with zero attached hydrogens (tertiary/aromatic N) is 4. The van der Waals surface area contributed by atoms with Crippen molar-refractivity contribution < 1.29 is 4.42 Å². The van der Waals surface area contributed by atoms with E-state index in [4.69, 9.17) is 14.4 Å². The third-order valence-electron chi connectivity index (χ3n) is 9.83. The zero-order valence-corrected chi connectivity index (χ0v) is 29.8. The van der Waals surface area contributed by atoms with Gasteiger partial charge in [-0.05, 0) is 97.1 Å². The highest BCUT2D eigenvalue weighted by atomic mass is 32.2. The van der Waals surface area contributed by atoms with E-state index in [-0.39, 0.29) is 0 Å². The van der Waals surface area contributed by atoms with Crippen LogP contribution in [0.4, 0.5) is 34.1 Å². The van der Waals surface area contributed by atoms with Crippen molar-refractivity contribution >= 4 is 79.8 Å². The molecule has 5 nitrogen and oxygen atoms in total. The maximum absolute atomic E-state index is 6.30. The number of anilines is 6. The van der Waals surface area contributed by atoms with Gasteiger partial charge in [-0.1, -0.05) is 96.3 Å². The SMILES string of the molecule is c1ccc(N2c3ccccc3Sc3ccc(-c4ccc5oc6ccc(-c7ccc8c(c7)N(c7ccccc7)c7ccccc7S8)nc6c5n4)cc32)cc1. The fourth-order valence-electron chi connectivity index (χ4n) is 7.38. The number of pyridine rings is 2. The average Bonchev–Trinajstić information content (AvgIpc) is 3.59. The number of furan rings is 1. The second-order valence-corrected chi connectivity index (χ2v) is 15.2. The van der Waals surface area contributed by atoms with E-state index in [9.17, 15) is 0 Å². The van der Waals surface area contributed by atoms with E-state index in [0.717, 1.165) is 67.5 Å². The second-order valence-electron chi connectivity index (χ2n) is 13.0. The van der Waals surface area contributed by atoms with Crippen LogP contribution in [0, 0.1) is 0 Å². The number of benzene rings is 6. The van der Waals surface area contributed by atoms with Gasteiger partial charge in [-0.15, -0.1) is 0 Å². The summed E-state index contributed by atoms with van der Waals surface area (Å²) in [6.45, 7) is 0. The molecule has 2 aliphatic heterocycles. The van der Waals surface area contributed by atoms with Crippen LogP contribution >= 0.6 is 23.5 Å². The fraction of sp³-hybridized carbons (Fsp3) is 0. The topological polar surface area (TPSA) is 45.4 Å². The predicted molar refractivity (Wildman–Crippen MR) is 218 cm³/mol. The third-order valence-corrected chi connectivity index (χ3v) is 12.1. The van der Waals surface area contributed by atoms with Crippen LogP contribution < -0.4 is 9.80 Å². The molecule has 9 aromatic rings. The molecule has 5 heterocycles. The minimum atomic E-state index is 0.718. The first-order valence-corrected chi connectivity index (χ1v) is 19.1. The van der Waals surface area contributed by atoms with Gasteiger partial charge >= 0.3 is 0 Å². The molecule has 0 fully saturated rings. The molecule has 0 bridgehead atoms. The van der Waals surface area contributed by atoms with E-state index in [0.29, 0.717) is 0 Å². The molecule has 7 heteroatoms. The maximum atomic E-state index is 6.30. The molecule has 0 amide bonds. The molecule has 0 N–H and O–H groups in total. The highest BCUT2D eigenvalue weighted by molar-refractivity contribution is 8.00. The van der Waals surface area contributed by atoms with Crippen LogP contribution in [-0.4, -0.2) is 9.97 Å². The van der Waals surface area contributed by atoms with Gasteiger partial charge in [-0.25, -0.2) is 9.97 Å². The Morgan fingerprint density at radius 2 is 0.792 bits per heavy atom. The summed E-state index contributed by atoms with van der Waals surface area (Å²) in [7, 11) is 0. The fourth-order valence-corrected chi connectivity index (χ4v) is 9.45. The van der Waals surface area contributed by atoms with Crippen molar-refractivity contribution in [3.05, 3.63) is 170 Å². The number of hydrogen-bond acceptors (Lipinski definition) is 7. The first-order chi connectivity index (χ1) is 26.2. The zero-order valence-electron chi connectivity index (χ0n) is 28.2. The van der Waals surface area contributed by atoms with Crippen LogP contribution in [0.15, 0.2) is 194 Å². The van der Waals surface area contributed by atoms with Crippen molar-refractivity contribution in [1.82, 2.24) is 9.97 Å². The van der Waals surface area contributed by atoms with Crippen LogP contribution in [0.2, 0.25) is 0 Å². The quantitative estimate of drug-likeness (QED) is 0.180. The summed E-state index contributed by atoms with van der Waals surface area (Å²) in [6.07, 6.45) is 0. The Labute approximate surface area is 314 Å². The number of hydrogen-bond donors (Lipinski definition) is 0. The van der Waals surface area contributed by atoms with E-state index >= 15 is 0 Å². The average molecular weight is 717 g/mol. The molecule has 0 aliphatic carbocycles. The van der Waals surface area contributed by atoms with Crippen molar-refractivity contribution in [3.63, 3.8) is 0 Å². The van der Waals surface area contributed by atoms with Crippen molar-refractivity contribution in [2.75, 3.05) is 9.80 Å². The van der Waals surface area contributed by atoms with Crippen LogP contribution in [-0.2, 0) is 0 Å². The Morgan fingerprint density at radius 1 is 0.377 bits per heavy atom. The first-order valence-electron chi connectivity index (χ1n) is 17.5. The number of aromatic nitrogens is 2. The van der Waals surface area contributed by atoms with Crippen molar-refractivity contribution in [2.45, 2.75) is 19.6 Å². The van der Waals surface area contributed by atoms with Gasteiger partial charge in [-0.3, -0.25) is 0 Å². The molecule has 0 radical (unpaired) electrons. The Bertz CT molecular complexity index is 2680. The Kier molecular flexibility index (Phi) is 6.96. The minimum Gasteiger partial charge on any atom is -0.453 e. The lowest BCUT2D eigenvalue weighted by atomic mass is 10.1. The summed E-state index contributed by atoms with van der Waals surface area (Å²) in [5.41, 5.74) is 13.6. The van der Waals surface area contributed by atoms with E-state index in [1.807, 2.05) is 24.3 Å². The molecule has 250 valence electrons. The summed E-state index contributed by atoms with van der Waals surface area (Å²) in [5.74, 6) is 0. The Hall–Kier alpha value is -6.28. The molecule has 11 rings (SSSR count). The van der Waals surface area contributed by atoms with Gasteiger partial charge in [0, 0.05) is 42.1 Å². The summed E-state index contributed by atoms with van der Waals surface area (Å²) >= 11 is 3.61. The van der Waals surface area contributed by atoms with Gasteiger partial charge < -0.3 is 14.2 Å². The first kappa shape index (κ1) is 30.4. The molecule has 0 unspecified atom stereocenters. The summed E-state index contributed by atoms with van der Waals surface area (Å²) in [5, 5.41) is 0. The maximum Gasteiger partial charge on any atom is 0.155 e. The molecule has 0 atom stereocenters. The molecule has 53 heavy (non-hydrogen) atoms. The monoisotopic (exact) mass is 716 g/mol. The minimum absolute atomic E-state index is 0.718. The summed E-state index contributed by atoms with van der Waals surface area (Å²) in [6, 6.07) is 59.7. The third kappa shape index (κ3) is 5.04. The van der Waals surface area contributed by atoms with Crippen molar-refractivity contribution in [3.8, 4) is 22.5 Å². The van der Waals surface area contributed by atoms with Gasteiger partial charge in [-0.2, -0.15) is 0 Å². The lowest BCUT2D eigenvalue weighted by Gasteiger charge is -2.33. The van der Waals surface area contributed by atoms with Crippen LogP contribution in [0.3, 0.4) is 0 Å². The molecule has 0 spiro atoms. The molecular formula is C46H28N4OS2. The van der Waals surface area contributed by atoms with Gasteiger partial charge in [0.15, 0.2) is 11.2 Å². The second kappa shape index (κ2) is 12.2. The molecule has 6 aromatic carbocycles. The van der Waals surface area contributed by atoms with Gasteiger partial charge in [0.1, 0.15) is 11.0 Å². The molecule has 0 saturated heterocycles. The Balaban J connectivity index is 1.00. The number of fused-ring (bicyclic) bond motifs is 7. The van der Waals surface area contributed by atoms with E-state index < -0.39 is 0 Å². The highest BCUT2D eigenvalue weighted by Crippen LogP contribution is 2.53. The molecular weight excluding hydrogens is 689 g/mol. The van der Waals surface area contributed by atoms with E-state index in [1.165, 1.54) is 31.0 Å². The summed E-state index contributed by atoms with van der Waals surface area (Å²) < 4.78 is 6.30. The van der Waals surface area contributed by atoms with Gasteiger partial charge in [0.25, 0.3) is 0 Å². The van der Waals surface area contributed by atoms with E-state index in [2.05, 4.69) is 155 Å².